The number of alkyl carbamates (subject to hydrolysis) is 1. The van der Waals surface area contributed by atoms with Gasteiger partial charge in [-0.2, -0.15) is 0 Å². The third-order valence-corrected chi connectivity index (χ3v) is 4.26. The summed E-state index contributed by atoms with van der Waals surface area (Å²) in [6.45, 7) is 3.52. The van der Waals surface area contributed by atoms with Gasteiger partial charge in [0, 0.05) is 10.9 Å². The van der Waals surface area contributed by atoms with E-state index in [9.17, 15) is 9.59 Å². The molecule has 0 aliphatic rings. The Labute approximate surface area is 166 Å². The Kier molecular flexibility index (Phi) is 8.00. The first-order valence-electron chi connectivity index (χ1n) is 8.38. The molecule has 0 bridgehead atoms. The molecule has 2 aromatic rings. The van der Waals surface area contributed by atoms with Gasteiger partial charge in [-0.1, -0.05) is 69.6 Å². The summed E-state index contributed by atoms with van der Waals surface area (Å²) in [4.78, 5) is 29.4. The number of hydrogen-bond acceptors (Lipinski definition) is 5. The van der Waals surface area contributed by atoms with Gasteiger partial charge in [0.25, 0.3) is 0 Å². The van der Waals surface area contributed by atoms with E-state index in [1.54, 1.807) is 13.8 Å². The van der Waals surface area contributed by atoms with Gasteiger partial charge in [0.2, 0.25) is 0 Å². The van der Waals surface area contributed by atoms with Crippen molar-refractivity contribution in [1.29, 1.82) is 0 Å². The van der Waals surface area contributed by atoms with Crippen LogP contribution in [-0.2, 0) is 27.4 Å². The Morgan fingerprint density at radius 1 is 1.07 bits per heavy atom. The Morgan fingerprint density at radius 2 is 1.74 bits per heavy atom. The zero-order valence-electron chi connectivity index (χ0n) is 15.1. The van der Waals surface area contributed by atoms with Crippen LogP contribution in [0.2, 0.25) is 0 Å². The van der Waals surface area contributed by atoms with E-state index in [0.717, 1.165) is 15.6 Å². The van der Waals surface area contributed by atoms with Crippen LogP contribution in [-0.4, -0.2) is 23.8 Å². The maximum atomic E-state index is 12.4. The van der Waals surface area contributed by atoms with E-state index in [-0.39, 0.29) is 13.0 Å². The van der Waals surface area contributed by atoms with Crippen molar-refractivity contribution in [2.24, 2.45) is 5.16 Å². The molecule has 1 unspecified atom stereocenters. The fraction of sp³-hybridized carbons (Fsp3) is 0.250. The second-order valence-electron chi connectivity index (χ2n) is 6.00. The smallest absolute Gasteiger partial charge is 0.408 e. The van der Waals surface area contributed by atoms with Crippen molar-refractivity contribution in [2.45, 2.75) is 32.9 Å². The molecule has 0 fully saturated rings. The SMILES string of the molecule is CC(C)=NOC(=O)C(Cc1ccccc1Br)NC(=O)OCc1ccccc1. The van der Waals surface area contributed by atoms with Crippen LogP contribution in [0.4, 0.5) is 4.79 Å². The minimum atomic E-state index is -0.935. The lowest BCUT2D eigenvalue weighted by Gasteiger charge is -2.17. The van der Waals surface area contributed by atoms with Crippen LogP contribution in [0.3, 0.4) is 0 Å². The summed E-state index contributed by atoms with van der Waals surface area (Å²) in [5.41, 5.74) is 2.29. The quantitative estimate of drug-likeness (QED) is 0.403. The monoisotopic (exact) mass is 432 g/mol. The summed E-state index contributed by atoms with van der Waals surface area (Å²) in [5.74, 6) is -0.663. The lowest BCUT2D eigenvalue weighted by molar-refractivity contribution is -0.146. The summed E-state index contributed by atoms with van der Waals surface area (Å²) in [6.07, 6.45) is -0.469. The first-order chi connectivity index (χ1) is 13.0. The molecule has 1 amide bonds. The van der Waals surface area contributed by atoms with E-state index in [2.05, 4.69) is 26.4 Å². The van der Waals surface area contributed by atoms with Crippen molar-refractivity contribution in [3.8, 4) is 0 Å². The van der Waals surface area contributed by atoms with Gasteiger partial charge >= 0.3 is 12.1 Å². The molecule has 0 heterocycles. The van der Waals surface area contributed by atoms with Gasteiger partial charge in [0.05, 0.1) is 5.71 Å². The number of carbonyl (C=O) groups excluding carboxylic acids is 2. The first kappa shape index (κ1) is 20.6. The summed E-state index contributed by atoms with van der Waals surface area (Å²) in [5, 5.41) is 6.23. The largest absolute Gasteiger partial charge is 0.445 e. The molecule has 0 saturated carbocycles. The maximum Gasteiger partial charge on any atom is 0.408 e. The molecule has 6 nitrogen and oxygen atoms in total. The van der Waals surface area contributed by atoms with Gasteiger partial charge in [-0.15, -0.1) is 0 Å². The lowest BCUT2D eigenvalue weighted by atomic mass is 10.1. The highest BCUT2D eigenvalue weighted by molar-refractivity contribution is 9.10. The molecular formula is C20H21BrN2O4. The molecule has 0 aromatic heterocycles. The van der Waals surface area contributed by atoms with Gasteiger partial charge < -0.3 is 14.9 Å². The summed E-state index contributed by atoms with van der Waals surface area (Å²) in [7, 11) is 0. The van der Waals surface area contributed by atoms with Crippen molar-refractivity contribution in [3.63, 3.8) is 0 Å². The number of carbonyl (C=O) groups is 2. The normalized spacial score (nSPS) is 11.2. The van der Waals surface area contributed by atoms with E-state index in [0.29, 0.717) is 5.71 Å². The molecule has 2 aromatic carbocycles. The van der Waals surface area contributed by atoms with Gasteiger partial charge in [0.1, 0.15) is 12.6 Å². The van der Waals surface area contributed by atoms with Crippen molar-refractivity contribution in [3.05, 3.63) is 70.2 Å². The van der Waals surface area contributed by atoms with Gasteiger partial charge in [-0.05, 0) is 31.0 Å². The highest BCUT2D eigenvalue weighted by Crippen LogP contribution is 2.18. The van der Waals surface area contributed by atoms with E-state index in [1.165, 1.54) is 0 Å². The van der Waals surface area contributed by atoms with E-state index in [1.807, 2.05) is 54.6 Å². The molecule has 0 aliphatic heterocycles. The lowest BCUT2D eigenvalue weighted by Crippen LogP contribution is -2.43. The third-order valence-electron chi connectivity index (χ3n) is 3.49. The van der Waals surface area contributed by atoms with E-state index >= 15 is 0 Å². The number of ether oxygens (including phenoxy) is 1. The molecule has 1 atom stereocenters. The number of amides is 1. The van der Waals surface area contributed by atoms with Crippen LogP contribution in [0.15, 0.2) is 64.2 Å². The van der Waals surface area contributed by atoms with Gasteiger partial charge in [0.15, 0.2) is 0 Å². The molecule has 0 radical (unpaired) electrons. The fourth-order valence-electron chi connectivity index (χ4n) is 2.18. The van der Waals surface area contributed by atoms with Crippen LogP contribution >= 0.6 is 15.9 Å². The molecule has 7 heteroatoms. The molecule has 27 heavy (non-hydrogen) atoms. The molecule has 0 spiro atoms. The Bertz CT molecular complexity index is 805. The highest BCUT2D eigenvalue weighted by Gasteiger charge is 2.25. The van der Waals surface area contributed by atoms with Crippen LogP contribution in [0.1, 0.15) is 25.0 Å². The number of hydrogen-bond donors (Lipinski definition) is 1. The van der Waals surface area contributed by atoms with Gasteiger partial charge in [-0.25, -0.2) is 9.59 Å². The zero-order valence-corrected chi connectivity index (χ0v) is 16.7. The maximum absolute atomic E-state index is 12.4. The number of oxime groups is 1. The average molecular weight is 433 g/mol. The molecular weight excluding hydrogens is 412 g/mol. The molecule has 0 saturated heterocycles. The van der Waals surface area contributed by atoms with Gasteiger partial charge in [-0.3, -0.25) is 0 Å². The van der Waals surface area contributed by atoms with Crippen LogP contribution < -0.4 is 5.32 Å². The topological polar surface area (TPSA) is 77.0 Å². The summed E-state index contributed by atoms with van der Waals surface area (Å²) < 4.78 is 6.03. The summed E-state index contributed by atoms with van der Waals surface area (Å²) >= 11 is 3.44. The average Bonchev–Trinajstić information content (AvgIpc) is 2.66. The van der Waals surface area contributed by atoms with Crippen molar-refractivity contribution in [2.75, 3.05) is 0 Å². The van der Waals surface area contributed by atoms with Crippen LogP contribution in [0.5, 0.6) is 0 Å². The van der Waals surface area contributed by atoms with Crippen molar-refractivity contribution >= 4 is 33.7 Å². The standard InChI is InChI=1S/C20H21BrN2O4/c1-14(2)23-27-19(24)18(12-16-10-6-7-11-17(16)21)22-20(25)26-13-15-8-4-3-5-9-15/h3-11,18H,12-13H2,1-2H3,(H,22,25). The predicted molar refractivity (Wildman–Crippen MR) is 106 cm³/mol. The zero-order chi connectivity index (χ0) is 19.6. The van der Waals surface area contributed by atoms with Crippen molar-refractivity contribution in [1.82, 2.24) is 5.32 Å². The third kappa shape index (κ3) is 7.22. The highest BCUT2D eigenvalue weighted by atomic mass is 79.9. The summed E-state index contributed by atoms with van der Waals surface area (Å²) in [6, 6.07) is 15.8. The number of nitrogens with zero attached hydrogens (tertiary/aromatic N) is 1. The second kappa shape index (κ2) is 10.5. The molecule has 2 rings (SSSR count). The van der Waals surface area contributed by atoms with E-state index in [4.69, 9.17) is 9.57 Å². The number of rotatable bonds is 7. The molecule has 1 N–H and O–H groups in total. The first-order valence-corrected chi connectivity index (χ1v) is 9.17. The molecule has 0 aliphatic carbocycles. The van der Waals surface area contributed by atoms with E-state index < -0.39 is 18.1 Å². The minimum Gasteiger partial charge on any atom is -0.445 e. The Hall–Kier alpha value is -2.67. The fourth-order valence-corrected chi connectivity index (χ4v) is 2.63. The number of benzene rings is 2. The predicted octanol–water partition coefficient (Wildman–Crippen LogP) is 4.23. The molecule has 142 valence electrons. The number of halogens is 1. The Morgan fingerprint density at radius 3 is 2.41 bits per heavy atom. The second-order valence-corrected chi connectivity index (χ2v) is 6.86. The van der Waals surface area contributed by atoms with Crippen molar-refractivity contribution < 1.29 is 19.2 Å². The van der Waals surface area contributed by atoms with Crippen LogP contribution in [0, 0.1) is 0 Å². The Balaban J connectivity index is 2.04. The number of nitrogens with one attached hydrogen (secondary N) is 1. The van der Waals surface area contributed by atoms with Crippen LogP contribution in [0.25, 0.3) is 0 Å². The minimum absolute atomic E-state index is 0.107.